The lowest BCUT2D eigenvalue weighted by molar-refractivity contribution is -0.136. The highest BCUT2D eigenvalue weighted by atomic mass is 16.2. The molecule has 6 heteroatoms. The van der Waals surface area contributed by atoms with E-state index in [1.807, 2.05) is 49.4 Å². The van der Waals surface area contributed by atoms with Gasteiger partial charge in [-0.05, 0) is 41.7 Å². The molecular formula is C21H23N3O3. The fourth-order valence-corrected chi connectivity index (χ4v) is 4.25. The van der Waals surface area contributed by atoms with E-state index in [0.717, 1.165) is 34.9 Å². The monoisotopic (exact) mass is 365 g/mol. The molecule has 2 aliphatic rings. The minimum absolute atomic E-state index is 0.0799. The number of amides is 4. The van der Waals surface area contributed by atoms with Gasteiger partial charge in [-0.1, -0.05) is 50.1 Å². The summed E-state index contributed by atoms with van der Waals surface area (Å²) < 4.78 is 0. The topological polar surface area (TPSA) is 78.5 Å². The first-order chi connectivity index (χ1) is 13.0. The van der Waals surface area contributed by atoms with Crippen molar-refractivity contribution in [3.8, 4) is 0 Å². The summed E-state index contributed by atoms with van der Waals surface area (Å²) >= 11 is 0. The van der Waals surface area contributed by atoms with Crippen LogP contribution in [0.2, 0.25) is 0 Å². The van der Waals surface area contributed by atoms with Gasteiger partial charge in [-0.15, -0.1) is 0 Å². The van der Waals surface area contributed by atoms with Gasteiger partial charge in [0.15, 0.2) is 0 Å². The molecule has 1 saturated carbocycles. The highest BCUT2D eigenvalue weighted by molar-refractivity contribution is 6.10. The molecule has 1 aliphatic carbocycles. The molecule has 27 heavy (non-hydrogen) atoms. The van der Waals surface area contributed by atoms with Gasteiger partial charge in [0.25, 0.3) is 5.91 Å². The Balaban J connectivity index is 1.47. The number of hydrogen-bond acceptors (Lipinski definition) is 3. The molecule has 0 radical (unpaired) electrons. The lowest BCUT2D eigenvalue weighted by atomic mass is 9.73. The summed E-state index contributed by atoms with van der Waals surface area (Å²) in [4.78, 5) is 38.8. The van der Waals surface area contributed by atoms with Crippen LogP contribution in [0.25, 0.3) is 10.8 Å². The van der Waals surface area contributed by atoms with Crippen molar-refractivity contribution in [1.82, 2.24) is 10.2 Å². The van der Waals surface area contributed by atoms with E-state index in [1.54, 1.807) is 0 Å². The van der Waals surface area contributed by atoms with Crippen molar-refractivity contribution < 1.29 is 14.4 Å². The Labute approximate surface area is 157 Å². The predicted octanol–water partition coefficient (Wildman–Crippen LogP) is 3.28. The van der Waals surface area contributed by atoms with Gasteiger partial charge in [0.05, 0.1) is 0 Å². The number of anilines is 1. The van der Waals surface area contributed by atoms with Gasteiger partial charge >= 0.3 is 6.03 Å². The molecule has 2 aromatic carbocycles. The third-order valence-corrected chi connectivity index (χ3v) is 5.84. The van der Waals surface area contributed by atoms with E-state index in [1.165, 1.54) is 0 Å². The number of imide groups is 1. The Kier molecular flexibility index (Phi) is 4.34. The Bertz CT molecular complexity index is 926. The van der Waals surface area contributed by atoms with E-state index in [2.05, 4.69) is 10.6 Å². The van der Waals surface area contributed by atoms with Crippen LogP contribution in [0, 0.1) is 5.92 Å². The van der Waals surface area contributed by atoms with E-state index >= 15 is 0 Å². The van der Waals surface area contributed by atoms with Crippen LogP contribution in [-0.2, 0) is 9.59 Å². The zero-order valence-electron chi connectivity index (χ0n) is 15.3. The highest BCUT2D eigenvalue weighted by Gasteiger charge is 2.55. The van der Waals surface area contributed by atoms with Crippen molar-refractivity contribution in [3.63, 3.8) is 0 Å². The summed E-state index contributed by atoms with van der Waals surface area (Å²) in [5.41, 5.74) is -0.190. The van der Waals surface area contributed by atoms with Gasteiger partial charge < -0.3 is 10.6 Å². The first kappa shape index (κ1) is 17.5. The van der Waals surface area contributed by atoms with E-state index in [-0.39, 0.29) is 24.3 Å². The number of hydrogen-bond donors (Lipinski definition) is 2. The van der Waals surface area contributed by atoms with Crippen LogP contribution in [0.4, 0.5) is 10.5 Å². The molecule has 1 saturated heterocycles. The number of nitrogens with one attached hydrogen (secondary N) is 2. The fraction of sp³-hybridized carbons (Fsp3) is 0.381. The molecule has 2 atom stereocenters. The normalized spacial score (nSPS) is 25.1. The average molecular weight is 365 g/mol. The average Bonchev–Trinajstić information content (AvgIpc) is 2.89. The van der Waals surface area contributed by atoms with Crippen molar-refractivity contribution in [3.05, 3.63) is 42.5 Å². The number of rotatable bonds is 3. The Morgan fingerprint density at radius 2 is 1.96 bits per heavy atom. The summed E-state index contributed by atoms with van der Waals surface area (Å²) in [5.74, 6) is -0.570. The minimum atomic E-state index is -0.835. The second-order valence-corrected chi connectivity index (χ2v) is 7.55. The van der Waals surface area contributed by atoms with Crippen LogP contribution in [0.5, 0.6) is 0 Å². The van der Waals surface area contributed by atoms with Crippen LogP contribution in [0.3, 0.4) is 0 Å². The van der Waals surface area contributed by atoms with Gasteiger partial charge in [0, 0.05) is 5.69 Å². The van der Waals surface area contributed by atoms with Crippen molar-refractivity contribution in [2.75, 3.05) is 11.9 Å². The molecule has 0 bridgehead atoms. The van der Waals surface area contributed by atoms with E-state index in [0.29, 0.717) is 12.1 Å². The molecule has 2 aromatic rings. The zero-order chi connectivity index (χ0) is 19.0. The third-order valence-electron chi connectivity index (χ3n) is 5.84. The SMILES string of the molecule is C[C@H]1CCCC[C@]12NC(=O)N(CC(=O)Nc1ccc3ccccc3c1)C2=O. The van der Waals surface area contributed by atoms with Gasteiger partial charge in [-0.2, -0.15) is 0 Å². The third kappa shape index (κ3) is 3.05. The number of nitrogens with zero attached hydrogens (tertiary/aromatic N) is 1. The molecule has 0 aromatic heterocycles. The van der Waals surface area contributed by atoms with Gasteiger partial charge in [0.1, 0.15) is 12.1 Å². The van der Waals surface area contributed by atoms with Gasteiger partial charge in [0.2, 0.25) is 5.91 Å². The molecule has 4 rings (SSSR count). The standard InChI is InChI=1S/C21H23N3O3/c1-14-6-4-5-11-21(14)19(26)24(20(27)23-21)13-18(25)22-17-10-9-15-7-2-3-8-16(15)12-17/h2-3,7-10,12,14H,4-6,11,13H2,1H3,(H,22,25)(H,23,27)/t14-,21-/m0/s1. The fourth-order valence-electron chi connectivity index (χ4n) is 4.25. The smallest absolute Gasteiger partial charge is 0.325 e. The molecular weight excluding hydrogens is 342 g/mol. The Morgan fingerprint density at radius 1 is 1.19 bits per heavy atom. The molecule has 6 nitrogen and oxygen atoms in total. The van der Waals surface area contributed by atoms with Gasteiger partial charge in [-0.25, -0.2) is 4.79 Å². The quantitative estimate of drug-likeness (QED) is 0.820. The maximum Gasteiger partial charge on any atom is 0.325 e. The maximum absolute atomic E-state index is 12.9. The second kappa shape index (κ2) is 6.68. The molecule has 140 valence electrons. The van der Waals surface area contributed by atoms with E-state index in [4.69, 9.17) is 0 Å². The number of carbonyl (C=O) groups excluding carboxylic acids is 3. The van der Waals surface area contributed by atoms with Gasteiger partial charge in [-0.3, -0.25) is 14.5 Å². The van der Waals surface area contributed by atoms with E-state index in [9.17, 15) is 14.4 Å². The van der Waals surface area contributed by atoms with Crippen LogP contribution in [0.1, 0.15) is 32.6 Å². The zero-order valence-corrected chi connectivity index (χ0v) is 15.3. The largest absolute Gasteiger partial charge is 0.325 e. The number of carbonyl (C=O) groups is 3. The molecule has 1 spiro atoms. The van der Waals surface area contributed by atoms with Crippen molar-refractivity contribution in [2.45, 2.75) is 38.1 Å². The summed E-state index contributed by atoms with van der Waals surface area (Å²) in [6.07, 6.45) is 3.52. The lowest BCUT2D eigenvalue weighted by Crippen LogP contribution is -2.54. The summed E-state index contributed by atoms with van der Waals surface area (Å²) in [6.45, 7) is 1.72. The highest BCUT2D eigenvalue weighted by Crippen LogP contribution is 2.38. The summed E-state index contributed by atoms with van der Waals surface area (Å²) in [7, 11) is 0. The van der Waals surface area contributed by atoms with Crippen LogP contribution >= 0.6 is 0 Å². The molecule has 1 aliphatic heterocycles. The van der Waals surface area contributed by atoms with Crippen LogP contribution < -0.4 is 10.6 Å². The molecule has 2 N–H and O–H groups in total. The van der Waals surface area contributed by atoms with Crippen molar-refractivity contribution >= 4 is 34.3 Å². The molecule has 0 unspecified atom stereocenters. The summed E-state index contributed by atoms with van der Waals surface area (Å²) in [6, 6.07) is 13.0. The van der Waals surface area contributed by atoms with Crippen LogP contribution in [-0.4, -0.2) is 34.8 Å². The number of benzene rings is 2. The first-order valence-corrected chi connectivity index (χ1v) is 9.42. The van der Waals surface area contributed by atoms with Crippen LogP contribution in [0.15, 0.2) is 42.5 Å². The van der Waals surface area contributed by atoms with E-state index < -0.39 is 11.6 Å². The second-order valence-electron chi connectivity index (χ2n) is 7.55. The number of urea groups is 1. The maximum atomic E-state index is 12.9. The molecule has 4 amide bonds. The predicted molar refractivity (Wildman–Crippen MR) is 103 cm³/mol. The first-order valence-electron chi connectivity index (χ1n) is 9.42. The van der Waals surface area contributed by atoms with Crippen molar-refractivity contribution in [2.24, 2.45) is 5.92 Å². The van der Waals surface area contributed by atoms with Crippen molar-refractivity contribution in [1.29, 1.82) is 0 Å². The molecule has 1 heterocycles. The minimum Gasteiger partial charge on any atom is -0.325 e. The molecule has 2 fully saturated rings. The number of fused-ring (bicyclic) bond motifs is 1. The Hall–Kier alpha value is -2.89. The summed E-state index contributed by atoms with van der Waals surface area (Å²) in [5, 5.41) is 7.76. The Morgan fingerprint density at radius 3 is 2.74 bits per heavy atom. The lowest BCUT2D eigenvalue weighted by Gasteiger charge is -2.36.